The van der Waals surface area contributed by atoms with E-state index in [1.165, 1.54) is 0 Å². The summed E-state index contributed by atoms with van der Waals surface area (Å²) in [4.78, 5) is 0. The van der Waals surface area contributed by atoms with Crippen LogP contribution in [0.1, 0.15) is 39.5 Å². The standard InChI is InChI=1S/C11H22N2O/c1-3-5-9-13-11(14)8-7-10(12)6-4-2/h10-11,13-14H,3-6,9,12H2,1-2H3. The normalized spacial score (nSPS) is 14.3. The van der Waals surface area contributed by atoms with E-state index in [9.17, 15) is 5.11 Å². The van der Waals surface area contributed by atoms with Crippen molar-refractivity contribution >= 4 is 0 Å². The highest BCUT2D eigenvalue weighted by Crippen LogP contribution is 1.90. The molecule has 0 spiro atoms. The molecule has 82 valence electrons. The lowest BCUT2D eigenvalue weighted by Crippen LogP contribution is -2.28. The number of nitrogens with two attached hydrogens (primary N) is 1. The van der Waals surface area contributed by atoms with Gasteiger partial charge >= 0.3 is 0 Å². The number of hydrogen-bond acceptors (Lipinski definition) is 3. The molecule has 0 fully saturated rings. The van der Waals surface area contributed by atoms with Crippen LogP contribution >= 0.6 is 0 Å². The summed E-state index contributed by atoms with van der Waals surface area (Å²) in [5.74, 6) is 5.52. The number of nitrogens with one attached hydrogen (secondary N) is 1. The van der Waals surface area contributed by atoms with E-state index in [0.717, 1.165) is 32.2 Å². The predicted molar refractivity (Wildman–Crippen MR) is 59.6 cm³/mol. The van der Waals surface area contributed by atoms with Gasteiger partial charge in [0.15, 0.2) is 6.23 Å². The first-order chi connectivity index (χ1) is 6.70. The second-order valence-electron chi connectivity index (χ2n) is 3.39. The topological polar surface area (TPSA) is 58.3 Å². The van der Waals surface area contributed by atoms with Crippen LogP contribution in [0.25, 0.3) is 0 Å². The van der Waals surface area contributed by atoms with Crippen LogP contribution in [0.3, 0.4) is 0 Å². The van der Waals surface area contributed by atoms with Crippen LogP contribution in [0, 0.1) is 11.8 Å². The van der Waals surface area contributed by atoms with Crippen LogP contribution in [0.5, 0.6) is 0 Å². The van der Waals surface area contributed by atoms with E-state index >= 15 is 0 Å². The third-order valence-corrected chi connectivity index (χ3v) is 1.87. The third-order valence-electron chi connectivity index (χ3n) is 1.87. The summed E-state index contributed by atoms with van der Waals surface area (Å²) in [6, 6.07) is -0.109. The highest BCUT2D eigenvalue weighted by atomic mass is 16.3. The summed E-state index contributed by atoms with van der Waals surface area (Å²) in [6.45, 7) is 4.98. The number of aliphatic hydroxyl groups is 1. The molecule has 0 saturated heterocycles. The highest BCUT2D eigenvalue weighted by molar-refractivity contribution is 5.09. The largest absolute Gasteiger partial charge is 0.367 e. The SMILES string of the molecule is CCCCNC(O)C#CC(N)CCC. The second kappa shape index (κ2) is 9.01. The molecule has 0 heterocycles. The molecule has 2 atom stereocenters. The first kappa shape index (κ1) is 13.4. The summed E-state index contributed by atoms with van der Waals surface area (Å²) in [7, 11) is 0. The lowest BCUT2D eigenvalue weighted by molar-refractivity contribution is 0.193. The van der Waals surface area contributed by atoms with Crippen molar-refractivity contribution in [3.63, 3.8) is 0 Å². The van der Waals surface area contributed by atoms with Gasteiger partial charge in [-0.15, -0.1) is 0 Å². The van der Waals surface area contributed by atoms with Crippen molar-refractivity contribution in [2.75, 3.05) is 6.54 Å². The Hall–Kier alpha value is -0.560. The monoisotopic (exact) mass is 198 g/mol. The van der Waals surface area contributed by atoms with E-state index in [1.54, 1.807) is 0 Å². The molecule has 3 heteroatoms. The lowest BCUT2D eigenvalue weighted by atomic mass is 10.2. The average molecular weight is 198 g/mol. The van der Waals surface area contributed by atoms with Gasteiger partial charge in [0.05, 0.1) is 6.04 Å². The van der Waals surface area contributed by atoms with Gasteiger partial charge in [-0.2, -0.15) is 0 Å². The summed E-state index contributed by atoms with van der Waals surface area (Å²) in [5, 5.41) is 12.3. The minimum atomic E-state index is -0.732. The van der Waals surface area contributed by atoms with Crippen LogP contribution in [0.4, 0.5) is 0 Å². The fourth-order valence-corrected chi connectivity index (χ4v) is 1.04. The maximum atomic E-state index is 9.35. The third kappa shape index (κ3) is 8.06. The van der Waals surface area contributed by atoms with Gasteiger partial charge in [-0.05, 0) is 19.4 Å². The Morgan fingerprint density at radius 2 is 2.00 bits per heavy atom. The van der Waals surface area contributed by atoms with Crippen molar-refractivity contribution in [2.24, 2.45) is 5.73 Å². The summed E-state index contributed by atoms with van der Waals surface area (Å²) in [5.41, 5.74) is 5.67. The van der Waals surface area contributed by atoms with Gasteiger partial charge in [0.25, 0.3) is 0 Å². The Labute approximate surface area is 87.1 Å². The van der Waals surface area contributed by atoms with E-state index in [1.807, 2.05) is 0 Å². The van der Waals surface area contributed by atoms with Crippen LogP contribution in [0.15, 0.2) is 0 Å². The van der Waals surface area contributed by atoms with Gasteiger partial charge in [0.1, 0.15) is 0 Å². The van der Waals surface area contributed by atoms with E-state index in [0.29, 0.717) is 0 Å². The van der Waals surface area contributed by atoms with Gasteiger partial charge in [-0.1, -0.05) is 38.5 Å². The molecule has 0 amide bonds. The molecule has 3 nitrogen and oxygen atoms in total. The molecule has 14 heavy (non-hydrogen) atoms. The number of rotatable bonds is 6. The maximum Gasteiger partial charge on any atom is 0.168 e. The van der Waals surface area contributed by atoms with E-state index in [-0.39, 0.29) is 6.04 Å². The first-order valence-corrected chi connectivity index (χ1v) is 5.38. The molecule has 0 aliphatic rings. The Morgan fingerprint density at radius 3 is 2.57 bits per heavy atom. The molecule has 0 aliphatic carbocycles. The Balaban J connectivity index is 3.62. The lowest BCUT2D eigenvalue weighted by Gasteiger charge is -2.05. The molecule has 0 aliphatic heterocycles. The van der Waals surface area contributed by atoms with Crippen molar-refractivity contribution in [1.29, 1.82) is 0 Å². The van der Waals surface area contributed by atoms with Crippen molar-refractivity contribution in [2.45, 2.75) is 51.8 Å². The molecule has 0 radical (unpaired) electrons. The average Bonchev–Trinajstić information content (AvgIpc) is 2.16. The van der Waals surface area contributed by atoms with E-state index < -0.39 is 6.23 Å². The molecular weight excluding hydrogens is 176 g/mol. The molecule has 0 aromatic carbocycles. The second-order valence-corrected chi connectivity index (χ2v) is 3.39. The van der Waals surface area contributed by atoms with Gasteiger partial charge in [-0.25, -0.2) is 0 Å². The van der Waals surface area contributed by atoms with Crippen LogP contribution in [-0.4, -0.2) is 23.9 Å². The van der Waals surface area contributed by atoms with Crippen LogP contribution in [-0.2, 0) is 0 Å². The summed E-state index contributed by atoms with van der Waals surface area (Å²) in [6.07, 6.45) is 3.34. The van der Waals surface area contributed by atoms with Gasteiger partial charge in [-0.3, -0.25) is 5.32 Å². The molecule has 4 N–H and O–H groups in total. The molecule has 2 unspecified atom stereocenters. The first-order valence-electron chi connectivity index (χ1n) is 5.38. The molecule has 0 bridgehead atoms. The van der Waals surface area contributed by atoms with E-state index in [4.69, 9.17) is 5.73 Å². The smallest absolute Gasteiger partial charge is 0.168 e. The Morgan fingerprint density at radius 1 is 1.29 bits per heavy atom. The zero-order valence-electron chi connectivity index (χ0n) is 9.21. The Bertz CT molecular complexity index is 183. The van der Waals surface area contributed by atoms with Crippen molar-refractivity contribution in [3.05, 3.63) is 0 Å². The fourth-order valence-electron chi connectivity index (χ4n) is 1.04. The molecule has 0 aromatic heterocycles. The van der Waals surface area contributed by atoms with Gasteiger partial charge in [0, 0.05) is 0 Å². The number of unbranched alkanes of at least 4 members (excludes halogenated alkanes) is 1. The fraction of sp³-hybridized carbons (Fsp3) is 0.818. The molecular formula is C11H22N2O. The minimum Gasteiger partial charge on any atom is -0.367 e. The summed E-state index contributed by atoms with van der Waals surface area (Å²) >= 11 is 0. The quantitative estimate of drug-likeness (QED) is 0.336. The minimum absolute atomic E-state index is 0.109. The van der Waals surface area contributed by atoms with Gasteiger partial charge in [0.2, 0.25) is 0 Å². The highest BCUT2D eigenvalue weighted by Gasteiger charge is 1.97. The van der Waals surface area contributed by atoms with Gasteiger partial charge < -0.3 is 10.8 Å². The Kier molecular flexibility index (Phi) is 8.65. The van der Waals surface area contributed by atoms with Crippen molar-refractivity contribution in [3.8, 4) is 11.8 Å². The summed E-state index contributed by atoms with van der Waals surface area (Å²) < 4.78 is 0. The molecule has 0 aromatic rings. The zero-order chi connectivity index (χ0) is 10.8. The zero-order valence-corrected chi connectivity index (χ0v) is 9.21. The van der Waals surface area contributed by atoms with Crippen LogP contribution < -0.4 is 11.1 Å². The molecule has 0 saturated carbocycles. The van der Waals surface area contributed by atoms with Crippen molar-refractivity contribution in [1.82, 2.24) is 5.32 Å². The molecule has 0 rings (SSSR count). The van der Waals surface area contributed by atoms with Crippen LogP contribution in [0.2, 0.25) is 0 Å². The van der Waals surface area contributed by atoms with E-state index in [2.05, 4.69) is 31.0 Å². The predicted octanol–water partition coefficient (Wildman–Crippen LogP) is 0.825. The van der Waals surface area contributed by atoms with Crippen molar-refractivity contribution < 1.29 is 5.11 Å². The maximum absolute atomic E-state index is 9.35. The number of hydrogen-bond donors (Lipinski definition) is 3. The number of aliphatic hydroxyl groups excluding tert-OH is 1.